The van der Waals surface area contributed by atoms with E-state index in [0.29, 0.717) is 12.2 Å². The first-order valence-corrected chi connectivity index (χ1v) is 13.2. The van der Waals surface area contributed by atoms with Crippen LogP contribution in [0.4, 0.5) is 10.1 Å². The monoisotopic (exact) mass is 465 g/mol. The number of rotatable bonds is 10. The molecule has 1 heterocycles. The van der Waals surface area contributed by atoms with Crippen molar-refractivity contribution in [2.24, 2.45) is 0 Å². The molecule has 2 aromatic rings. The molecule has 6 nitrogen and oxygen atoms in total. The number of anilines is 1. The summed E-state index contributed by atoms with van der Waals surface area (Å²) in [6.07, 6.45) is 4.59. The Hall–Kier alpha value is -2.10. The highest BCUT2D eigenvalue weighted by Crippen LogP contribution is 2.20. The van der Waals surface area contributed by atoms with Crippen LogP contribution in [0.5, 0.6) is 0 Å². The lowest BCUT2D eigenvalue weighted by Gasteiger charge is -2.19. The molecule has 0 aliphatic carbocycles. The Morgan fingerprint density at radius 2 is 1.81 bits per heavy atom. The van der Waals surface area contributed by atoms with Gasteiger partial charge in [-0.15, -0.1) is 0 Å². The average Bonchev–Trinajstić information content (AvgIpc) is 3.30. The van der Waals surface area contributed by atoms with Crippen molar-refractivity contribution in [1.82, 2.24) is 10.0 Å². The summed E-state index contributed by atoms with van der Waals surface area (Å²) in [5.74, 6) is -0.697. The maximum Gasteiger partial charge on any atom is 0.244 e. The van der Waals surface area contributed by atoms with Crippen LogP contribution in [-0.2, 0) is 21.4 Å². The van der Waals surface area contributed by atoms with E-state index in [-0.39, 0.29) is 6.54 Å². The second kappa shape index (κ2) is 11.0. The number of amides is 1. The zero-order valence-electron chi connectivity index (χ0n) is 17.5. The Morgan fingerprint density at radius 1 is 1.13 bits per heavy atom. The van der Waals surface area contributed by atoms with Gasteiger partial charge in [-0.05, 0) is 61.1 Å². The van der Waals surface area contributed by atoms with Crippen molar-refractivity contribution < 1.29 is 17.6 Å². The number of nitrogens with one attached hydrogen (secondary N) is 2. The number of halogens is 1. The molecular weight excluding hydrogens is 437 g/mol. The summed E-state index contributed by atoms with van der Waals surface area (Å²) >= 11 is 1.51. The van der Waals surface area contributed by atoms with E-state index < -0.39 is 32.7 Å². The van der Waals surface area contributed by atoms with Gasteiger partial charge in [-0.1, -0.05) is 24.3 Å². The predicted octanol–water partition coefficient (Wildman–Crippen LogP) is 3.14. The van der Waals surface area contributed by atoms with E-state index in [1.165, 1.54) is 48.5 Å². The number of sulfonamides is 1. The number of hydrogen-bond acceptors (Lipinski definition) is 5. The van der Waals surface area contributed by atoms with E-state index in [1.807, 2.05) is 30.5 Å². The van der Waals surface area contributed by atoms with E-state index in [2.05, 4.69) is 14.9 Å². The molecule has 0 aromatic heterocycles. The van der Waals surface area contributed by atoms with Gasteiger partial charge in [0, 0.05) is 25.3 Å². The first kappa shape index (κ1) is 23.6. The third kappa shape index (κ3) is 6.44. The second-order valence-electron chi connectivity index (χ2n) is 7.46. The highest BCUT2D eigenvalue weighted by Gasteiger charge is 2.27. The molecule has 168 valence electrons. The van der Waals surface area contributed by atoms with E-state index in [0.717, 1.165) is 24.7 Å². The summed E-state index contributed by atoms with van der Waals surface area (Å²) < 4.78 is 41.6. The summed E-state index contributed by atoms with van der Waals surface area (Å²) in [4.78, 5) is 14.6. The van der Waals surface area contributed by atoms with Crippen LogP contribution in [-0.4, -0.2) is 45.5 Å². The van der Waals surface area contributed by atoms with Crippen LogP contribution in [0.15, 0.2) is 53.4 Å². The quantitative estimate of drug-likeness (QED) is 0.564. The standard InChI is InChI=1S/C22H28FN3O3S2/c1-30-15-12-20(25-31(28,29)21-7-3-2-6-19(21)23)22(27)24-16-17-8-10-18(11-9-17)26-13-4-5-14-26/h2-3,6-11,20,25H,4-5,12-16H2,1H3,(H,24,27). The van der Waals surface area contributed by atoms with Gasteiger partial charge in [0.15, 0.2) is 0 Å². The van der Waals surface area contributed by atoms with Crippen molar-refractivity contribution in [3.8, 4) is 0 Å². The molecule has 1 amide bonds. The van der Waals surface area contributed by atoms with E-state index in [1.54, 1.807) is 0 Å². The van der Waals surface area contributed by atoms with Gasteiger partial charge in [0.25, 0.3) is 0 Å². The minimum absolute atomic E-state index is 0.288. The molecule has 2 N–H and O–H groups in total. The largest absolute Gasteiger partial charge is 0.372 e. The molecule has 1 saturated heterocycles. The van der Waals surface area contributed by atoms with Crippen molar-refractivity contribution in [2.75, 3.05) is 30.0 Å². The van der Waals surface area contributed by atoms with E-state index >= 15 is 0 Å². The van der Waals surface area contributed by atoms with Crippen LogP contribution in [0, 0.1) is 5.82 Å². The molecule has 1 aliphatic rings. The van der Waals surface area contributed by atoms with E-state index in [4.69, 9.17) is 0 Å². The summed E-state index contributed by atoms with van der Waals surface area (Å²) in [5, 5.41) is 2.80. The van der Waals surface area contributed by atoms with Gasteiger partial charge >= 0.3 is 0 Å². The maximum atomic E-state index is 14.0. The smallest absolute Gasteiger partial charge is 0.244 e. The van der Waals surface area contributed by atoms with Crippen LogP contribution in [0.2, 0.25) is 0 Å². The van der Waals surface area contributed by atoms with Crippen molar-refractivity contribution in [3.63, 3.8) is 0 Å². The second-order valence-corrected chi connectivity index (χ2v) is 10.1. The van der Waals surface area contributed by atoms with Crippen LogP contribution in [0.3, 0.4) is 0 Å². The molecule has 0 radical (unpaired) electrons. The van der Waals surface area contributed by atoms with Gasteiger partial charge in [0.05, 0.1) is 0 Å². The molecule has 1 atom stereocenters. The maximum absolute atomic E-state index is 14.0. The zero-order valence-corrected chi connectivity index (χ0v) is 19.1. The van der Waals surface area contributed by atoms with Crippen molar-refractivity contribution in [1.29, 1.82) is 0 Å². The normalized spacial score (nSPS) is 15.1. The third-order valence-corrected chi connectivity index (χ3v) is 7.37. The van der Waals surface area contributed by atoms with Gasteiger partial charge in [-0.3, -0.25) is 4.79 Å². The lowest BCUT2D eigenvalue weighted by molar-refractivity contribution is -0.122. The van der Waals surface area contributed by atoms with Gasteiger partial charge in [0.1, 0.15) is 16.8 Å². The predicted molar refractivity (Wildman–Crippen MR) is 123 cm³/mol. The van der Waals surface area contributed by atoms with Crippen molar-refractivity contribution in [2.45, 2.75) is 36.7 Å². The van der Waals surface area contributed by atoms with Crippen LogP contribution in [0.25, 0.3) is 0 Å². The van der Waals surface area contributed by atoms with Gasteiger partial charge in [-0.2, -0.15) is 16.5 Å². The Morgan fingerprint density at radius 3 is 2.45 bits per heavy atom. The number of nitrogens with zero attached hydrogens (tertiary/aromatic N) is 1. The fourth-order valence-corrected chi connectivity index (χ4v) is 5.29. The van der Waals surface area contributed by atoms with E-state index in [9.17, 15) is 17.6 Å². The fourth-order valence-electron chi connectivity index (χ4n) is 3.51. The number of thioether (sulfide) groups is 1. The Kier molecular flexibility index (Phi) is 8.34. The SMILES string of the molecule is CSCCC(NS(=O)(=O)c1ccccc1F)C(=O)NCc1ccc(N2CCCC2)cc1. The van der Waals surface area contributed by atoms with Crippen LogP contribution < -0.4 is 14.9 Å². The van der Waals surface area contributed by atoms with Gasteiger partial charge in [-0.25, -0.2) is 12.8 Å². The molecule has 0 bridgehead atoms. The molecule has 31 heavy (non-hydrogen) atoms. The molecule has 3 rings (SSSR count). The minimum Gasteiger partial charge on any atom is -0.372 e. The average molecular weight is 466 g/mol. The highest BCUT2D eigenvalue weighted by molar-refractivity contribution is 7.98. The third-order valence-electron chi connectivity index (χ3n) is 5.23. The number of carbonyl (C=O) groups excluding carboxylic acids is 1. The number of carbonyl (C=O) groups is 1. The first-order valence-electron chi connectivity index (χ1n) is 10.3. The summed E-state index contributed by atoms with van der Waals surface area (Å²) in [7, 11) is -4.16. The molecule has 1 aliphatic heterocycles. The minimum atomic E-state index is -4.16. The topological polar surface area (TPSA) is 78.5 Å². The summed E-state index contributed by atoms with van der Waals surface area (Å²) in [5.41, 5.74) is 2.10. The Balaban J connectivity index is 1.63. The summed E-state index contributed by atoms with van der Waals surface area (Å²) in [6.45, 7) is 2.42. The molecular formula is C22H28FN3O3S2. The van der Waals surface area contributed by atoms with Crippen LogP contribution in [0.1, 0.15) is 24.8 Å². The molecule has 0 saturated carbocycles. The zero-order chi connectivity index (χ0) is 22.3. The molecule has 2 aromatic carbocycles. The molecule has 9 heteroatoms. The van der Waals surface area contributed by atoms with Gasteiger partial charge < -0.3 is 10.2 Å². The molecule has 0 spiro atoms. The van der Waals surface area contributed by atoms with Crippen molar-refractivity contribution >= 4 is 33.4 Å². The van der Waals surface area contributed by atoms with Crippen molar-refractivity contribution in [3.05, 3.63) is 59.9 Å². The van der Waals surface area contributed by atoms with Gasteiger partial charge in [0.2, 0.25) is 15.9 Å². The lowest BCUT2D eigenvalue weighted by atomic mass is 10.1. The highest BCUT2D eigenvalue weighted by atomic mass is 32.2. The number of benzene rings is 2. The summed E-state index contributed by atoms with van der Waals surface area (Å²) in [6, 6.07) is 12.2. The molecule has 1 unspecified atom stereocenters. The number of hydrogen-bond donors (Lipinski definition) is 2. The molecule has 1 fully saturated rings. The Bertz CT molecular complexity index is 978. The lowest BCUT2D eigenvalue weighted by Crippen LogP contribution is -2.46. The fraction of sp³-hybridized carbons (Fsp3) is 0.409. The Labute approximate surface area is 187 Å². The van der Waals surface area contributed by atoms with Crippen LogP contribution >= 0.6 is 11.8 Å². The first-order chi connectivity index (χ1) is 14.9.